The van der Waals surface area contributed by atoms with Crippen LogP contribution >= 0.6 is 11.3 Å². The molecule has 10 nitrogen and oxygen atoms in total. The van der Waals surface area contributed by atoms with Crippen molar-refractivity contribution in [1.29, 1.82) is 0 Å². The summed E-state index contributed by atoms with van der Waals surface area (Å²) >= 11 is 0.393. The Morgan fingerprint density at radius 1 is 1.02 bits per heavy atom. The quantitative estimate of drug-likeness (QED) is 0.142. The average Bonchev–Trinajstić information content (AvgIpc) is 3.61. The number of hydrogen-bond donors (Lipinski definition) is 0. The normalized spacial score (nSPS) is 21.9. The first-order chi connectivity index (χ1) is 25.3. The zero-order valence-corrected chi connectivity index (χ0v) is 29.6. The number of fused-ring (bicyclic) bond motifs is 2. The highest BCUT2D eigenvalue weighted by Gasteiger charge is 2.56. The van der Waals surface area contributed by atoms with E-state index in [4.69, 9.17) is 18.9 Å². The number of aromatic nitrogens is 1. The van der Waals surface area contributed by atoms with Crippen LogP contribution in [0.2, 0.25) is 0 Å². The number of carbonyl (C=O) groups excluding carboxylic acids is 2. The second kappa shape index (κ2) is 15.8. The van der Waals surface area contributed by atoms with Crippen molar-refractivity contribution in [1.82, 2.24) is 14.8 Å². The number of alkyl halides is 6. The second-order valence-electron chi connectivity index (χ2n) is 12.7. The van der Waals surface area contributed by atoms with Crippen LogP contribution in [0.3, 0.4) is 0 Å². The Bertz CT molecular complexity index is 1790. The predicted molar refractivity (Wildman–Crippen MR) is 182 cm³/mol. The Kier molecular flexibility index (Phi) is 11.4. The molecule has 1 unspecified atom stereocenters. The number of hydrogen-bond acceptors (Lipinski definition) is 9. The monoisotopic (exact) mass is 768 g/mol. The van der Waals surface area contributed by atoms with E-state index in [2.05, 4.69) is 4.98 Å². The van der Waals surface area contributed by atoms with Crippen molar-refractivity contribution in [3.05, 3.63) is 76.1 Å². The molecule has 2 amide bonds. The molecule has 3 aliphatic heterocycles. The highest BCUT2D eigenvalue weighted by atomic mass is 32.1. The van der Waals surface area contributed by atoms with E-state index in [-0.39, 0.29) is 57.7 Å². The molecule has 6 rings (SSSR count). The zero-order valence-electron chi connectivity index (χ0n) is 28.8. The van der Waals surface area contributed by atoms with E-state index >= 15 is 0 Å². The maximum atomic E-state index is 15.0. The van der Waals surface area contributed by atoms with Crippen LogP contribution in [0.5, 0.6) is 17.4 Å². The highest BCUT2D eigenvalue weighted by molar-refractivity contribution is 7.10. The van der Waals surface area contributed by atoms with E-state index in [0.29, 0.717) is 49.5 Å². The first-order valence-corrected chi connectivity index (χ1v) is 18.0. The Balaban J connectivity index is 1.37. The van der Waals surface area contributed by atoms with Crippen LogP contribution < -0.4 is 19.1 Å². The molecule has 0 N–H and O–H groups in total. The smallest absolute Gasteiger partial charge is 0.425 e. The summed E-state index contributed by atoms with van der Waals surface area (Å²) in [5.41, 5.74) is -3.21. The van der Waals surface area contributed by atoms with Gasteiger partial charge in [-0.1, -0.05) is 24.3 Å². The summed E-state index contributed by atoms with van der Waals surface area (Å²) in [6.07, 6.45) is -5.00. The third-order valence-electron chi connectivity index (χ3n) is 9.44. The second-order valence-corrected chi connectivity index (χ2v) is 13.6. The fourth-order valence-corrected chi connectivity index (χ4v) is 7.67. The number of piperidine rings is 1. The molecule has 3 aromatic rings. The molecule has 2 atom stereocenters. The minimum absolute atomic E-state index is 0.00969. The number of pyridine rings is 1. The lowest BCUT2D eigenvalue weighted by Crippen LogP contribution is -2.69. The van der Waals surface area contributed by atoms with Gasteiger partial charge in [-0.25, -0.2) is 4.98 Å². The van der Waals surface area contributed by atoms with Crippen LogP contribution in [0.1, 0.15) is 46.5 Å². The van der Waals surface area contributed by atoms with Crippen LogP contribution in [0, 0.1) is 0 Å². The number of anilines is 1. The molecule has 0 bridgehead atoms. The number of para-hydroxylation sites is 2. The Labute approximate surface area is 305 Å². The van der Waals surface area contributed by atoms with Gasteiger partial charge in [0.15, 0.2) is 0 Å². The lowest BCUT2D eigenvalue weighted by molar-refractivity contribution is -0.159. The largest absolute Gasteiger partial charge is 0.489 e. The highest BCUT2D eigenvalue weighted by Crippen LogP contribution is 2.44. The van der Waals surface area contributed by atoms with Crippen molar-refractivity contribution >= 4 is 28.8 Å². The number of rotatable bonds is 8. The molecule has 0 aliphatic carbocycles. The van der Waals surface area contributed by atoms with Crippen LogP contribution in [0.15, 0.2) is 60.1 Å². The topological polar surface area (TPSA) is 93.7 Å². The SMILES string of the molecule is COCCOc1ccccc1N1CCN(C(=O)C2(Oc3csc(C(F)(F)F)c3)CCCN3C(=O)c4c(C(F)(F)F)ccnc4OCC/C=C\C[C@@H]32)CC1. The van der Waals surface area contributed by atoms with E-state index < -0.39 is 57.7 Å². The summed E-state index contributed by atoms with van der Waals surface area (Å²) in [4.78, 5) is 37.1. The van der Waals surface area contributed by atoms with Crippen molar-refractivity contribution in [2.24, 2.45) is 0 Å². The van der Waals surface area contributed by atoms with Gasteiger partial charge < -0.3 is 33.6 Å². The number of methoxy groups -OCH3 is 1. The molecule has 0 spiro atoms. The van der Waals surface area contributed by atoms with Crippen molar-refractivity contribution in [2.45, 2.75) is 49.7 Å². The minimum Gasteiger partial charge on any atom is -0.489 e. The summed E-state index contributed by atoms with van der Waals surface area (Å²) in [7, 11) is 1.57. The number of nitrogens with zero attached hydrogens (tertiary/aromatic N) is 4. The lowest BCUT2D eigenvalue weighted by Gasteiger charge is -2.50. The van der Waals surface area contributed by atoms with Gasteiger partial charge in [-0.05, 0) is 37.5 Å². The van der Waals surface area contributed by atoms with Gasteiger partial charge in [-0.2, -0.15) is 26.3 Å². The van der Waals surface area contributed by atoms with E-state index in [1.807, 2.05) is 29.2 Å². The van der Waals surface area contributed by atoms with Crippen molar-refractivity contribution in [2.75, 3.05) is 64.6 Å². The third kappa shape index (κ3) is 8.20. The van der Waals surface area contributed by atoms with E-state index in [0.717, 1.165) is 28.2 Å². The number of thiophene rings is 1. The molecular formula is C36H38F6N4O6S. The maximum absolute atomic E-state index is 15.0. The Hall–Kier alpha value is -4.51. The van der Waals surface area contributed by atoms with Gasteiger partial charge >= 0.3 is 12.4 Å². The zero-order chi connectivity index (χ0) is 37.8. The van der Waals surface area contributed by atoms with Crippen LogP contribution in [-0.2, 0) is 21.9 Å². The van der Waals surface area contributed by atoms with Gasteiger partial charge in [0, 0.05) is 63.9 Å². The number of benzene rings is 1. The van der Waals surface area contributed by atoms with Crippen molar-refractivity contribution in [3.63, 3.8) is 0 Å². The first-order valence-electron chi connectivity index (χ1n) is 17.1. The molecule has 286 valence electrons. The lowest BCUT2D eigenvalue weighted by atomic mass is 9.80. The van der Waals surface area contributed by atoms with Crippen LogP contribution in [0.25, 0.3) is 0 Å². The number of piperazine rings is 1. The van der Waals surface area contributed by atoms with Gasteiger partial charge in [0.05, 0.1) is 30.5 Å². The molecular weight excluding hydrogens is 730 g/mol. The van der Waals surface area contributed by atoms with Crippen LogP contribution in [0.4, 0.5) is 32.0 Å². The fourth-order valence-electron chi connectivity index (χ4n) is 6.99. The molecule has 3 aliphatic rings. The number of ether oxygens (including phenoxy) is 4. The Morgan fingerprint density at radius 2 is 1.79 bits per heavy atom. The molecule has 2 fully saturated rings. The third-order valence-corrected chi connectivity index (χ3v) is 10.4. The summed E-state index contributed by atoms with van der Waals surface area (Å²) in [5.74, 6) is -1.75. The van der Waals surface area contributed by atoms with Gasteiger partial charge in [-0.3, -0.25) is 9.59 Å². The minimum atomic E-state index is -4.95. The number of amides is 2. The molecule has 2 aromatic heterocycles. The number of carbonyl (C=O) groups is 2. The fraction of sp³-hybridized carbons (Fsp3) is 0.472. The van der Waals surface area contributed by atoms with Gasteiger partial charge in [0.25, 0.3) is 11.8 Å². The maximum Gasteiger partial charge on any atom is 0.425 e. The average molecular weight is 769 g/mol. The van der Waals surface area contributed by atoms with E-state index in [1.54, 1.807) is 24.2 Å². The molecule has 17 heteroatoms. The Morgan fingerprint density at radius 3 is 2.51 bits per heavy atom. The van der Waals surface area contributed by atoms with E-state index in [1.165, 1.54) is 0 Å². The van der Waals surface area contributed by atoms with Crippen molar-refractivity contribution in [3.8, 4) is 17.4 Å². The molecule has 2 saturated heterocycles. The standard InChI is InChI=1S/C36H38F6N4O6S/c1-49-20-21-50-27-9-5-4-8-26(27)44-15-17-45(18-16-44)33(48)34(52-24-22-29(53-23-24)36(40,41)42)12-7-14-46-28(34)10-3-2-6-19-51-31-30(32(46)47)25(11-13-43-31)35(37,38)39/h2-5,8-9,11,13,22-23,28H,6-7,10,12,14-21H2,1H3/b3-2-/t28-,34?/m1/s1. The summed E-state index contributed by atoms with van der Waals surface area (Å²) in [5, 5.41) is 1.15. The van der Waals surface area contributed by atoms with Crippen LogP contribution in [-0.4, -0.2) is 97.9 Å². The summed E-state index contributed by atoms with van der Waals surface area (Å²) in [6, 6.07) is 7.70. The molecule has 0 radical (unpaired) electrons. The van der Waals surface area contributed by atoms with Gasteiger partial charge in [-0.15, -0.1) is 11.3 Å². The van der Waals surface area contributed by atoms with E-state index in [9.17, 15) is 35.9 Å². The molecule has 1 aromatic carbocycles. The molecule has 5 heterocycles. The van der Waals surface area contributed by atoms with Crippen molar-refractivity contribution < 1.29 is 54.9 Å². The predicted octanol–water partition coefficient (Wildman–Crippen LogP) is 6.71. The summed E-state index contributed by atoms with van der Waals surface area (Å²) < 4.78 is 107. The number of halogens is 6. The van der Waals surface area contributed by atoms with Gasteiger partial charge in [0.1, 0.15) is 28.5 Å². The first kappa shape index (κ1) is 38.2. The molecule has 0 saturated carbocycles. The summed E-state index contributed by atoms with van der Waals surface area (Å²) in [6.45, 7) is 1.68. The molecule has 53 heavy (non-hydrogen) atoms. The van der Waals surface area contributed by atoms with Gasteiger partial charge in [0.2, 0.25) is 11.5 Å².